The number of alkyl halides is 3. The molecule has 44 heavy (non-hydrogen) atoms. The second-order valence-electron chi connectivity index (χ2n) is 10.4. The minimum atomic E-state index is -4.71. The molecule has 0 saturated heterocycles. The van der Waals surface area contributed by atoms with Crippen molar-refractivity contribution in [2.75, 3.05) is 5.32 Å². The first kappa shape index (κ1) is 25.6. The molecular formula is C29H25ClF3N9O2. The van der Waals surface area contributed by atoms with Gasteiger partial charge in [0.05, 0.1) is 53.2 Å². The van der Waals surface area contributed by atoms with Crippen LogP contribution in [0.1, 0.15) is 47.7 Å². The third-order valence-electron chi connectivity index (χ3n) is 7.42. The van der Waals surface area contributed by atoms with E-state index in [1.807, 2.05) is 0 Å². The molecule has 0 radical (unpaired) electrons. The number of pyridine rings is 1. The molecule has 2 atom stereocenters. The Labute approximate surface area is 257 Å². The number of nitrogens with one attached hydrogen (secondary N) is 1. The van der Waals surface area contributed by atoms with Gasteiger partial charge in [-0.3, -0.25) is 23.8 Å². The van der Waals surface area contributed by atoms with E-state index < -0.39 is 36.4 Å². The number of aromatic nitrogens is 8. The largest absolute Gasteiger partial charge is 0.436 e. The molecule has 1 aromatic carbocycles. The molecule has 0 saturated carbocycles. The molecule has 0 spiro atoms. The highest BCUT2D eigenvalue weighted by Gasteiger charge is 2.35. The van der Waals surface area contributed by atoms with Crippen molar-refractivity contribution in [3.05, 3.63) is 88.1 Å². The lowest BCUT2D eigenvalue weighted by Gasteiger charge is -2.22. The summed E-state index contributed by atoms with van der Waals surface area (Å²) in [5.41, 5.74) is 0.0592. The van der Waals surface area contributed by atoms with E-state index >= 15 is 0 Å². The number of anilines is 1. The summed E-state index contributed by atoms with van der Waals surface area (Å²) in [6, 6.07) is 8.15. The zero-order valence-electron chi connectivity index (χ0n) is 26.0. The molecule has 1 amide bonds. The second kappa shape index (κ2) is 11.3. The Kier molecular flexibility index (Phi) is 6.60. The fourth-order valence-electron chi connectivity index (χ4n) is 5.15. The molecule has 1 aliphatic rings. The summed E-state index contributed by atoms with van der Waals surface area (Å²) in [6.45, 7) is -0.903. The van der Waals surface area contributed by atoms with E-state index in [1.165, 1.54) is 47.6 Å². The summed E-state index contributed by atoms with van der Waals surface area (Å²) >= 11 is 6.22. The average molecular weight is 627 g/mol. The number of fused-ring (bicyclic) bond motifs is 4. The molecule has 2 bridgehead atoms. The minimum Gasteiger partial charge on any atom is -0.323 e. The summed E-state index contributed by atoms with van der Waals surface area (Å²) in [5.74, 6) is -0.753. The van der Waals surface area contributed by atoms with E-state index in [0.717, 1.165) is 15.6 Å². The van der Waals surface area contributed by atoms with Crippen molar-refractivity contribution in [2.45, 2.75) is 38.4 Å². The van der Waals surface area contributed by atoms with Gasteiger partial charge in [0.15, 0.2) is 5.69 Å². The maximum Gasteiger partial charge on any atom is 0.436 e. The average Bonchev–Trinajstić information content (AvgIpc) is 3.67. The molecule has 0 unspecified atom stereocenters. The predicted molar refractivity (Wildman–Crippen MR) is 155 cm³/mol. The highest BCUT2D eigenvalue weighted by atomic mass is 35.5. The number of benzene rings is 1. The third kappa shape index (κ3) is 5.60. The lowest BCUT2D eigenvalue weighted by molar-refractivity contribution is -0.141. The Morgan fingerprint density at radius 2 is 1.95 bits per heavy atom. The Morgan fingerprint density at radius 3 is 2.70 bits per heavy atom. The molecule has 6 rings (SSSR count). The lowest BCUT2D eigenvalue weighted by Crippen LogP contribution is -2.27. The van der Waals surface area contributed by atoms with Gasteiger partial charge in [-0.25, -0.2) is 9.67 Å². The van der Waals surface area contributed by atoms with Crippen LogP contribution in [0.4, 0.5) is 18.9 Å². The number of rotatable bonds is 3. The van der Waals surface area contributed by atoms with Crippen LogP contribution in [-0.4, -0.2) is 45.2 Å². The molecule has 4 aromatic heterocycles. The number of carbonyl (C=O) groups is 1. The van der Waals surface area contributed by atoms with E-state index in [2.05, 4.69) is 30.7 Å². The molecule has 0 aliphatic carbocycles. The van der Waals surface area contributed by atoms with Crippen LogP contribution in [0.5, 0.6) is 0 Å². The first-order valence-corrected chi connectivity index (χ1v) is 13.8. The summed E-state index contributed by atoms with van der Waals surface area (Å²) in [4.78, 5) is 35.7. The van der Waals surface area contributed by atoms with E-state index in [9.17, 15) is 22.8 Å². The highest BCUT2D eigenvalue weighted by molar-refractivity contribution is 6.31. The smallest absolute Gasteiger partial charge is 0.323 e. The van der Waals surface area contributed by atoms with Crippen molar-refractivity contribution in [3.63, 3.8) is 0 Å². The van der Waals surface area contributed by atoms with Gasteiger partial charge in [0.1, 0.15) is 0 Å². The lowest BCUT2D eigenvalue weighted by atomic mass is 9.97. The third-order valence-corrected chi connectivity index (χ3v) is 7.66. The quantitative estimate of drug-likeness (QED) is 0.288. The molecule has 0 fully saturated rings. The molecule has 5 heterocycles. The zero-order chi connectivity index (χ0) is 33.7. The van der Waals surface area contributed by atoms with Crippen molar-refractivity contribution in [3.8, 4) is 28.2 Å². The number of nitrogens with zero attached hydrogens (tertiary/aromatic N) is 8. The van der Waals surface area contributed by atoms with Crippen molar-refractivity contribution in [1.82, 2.24) is 39.3 Å². The number of hydrogen-bond donors (Lipinski definition) is 1. The number of carbonyl (C=O) groups excluding carboxylic acids is 1. The van der Waals surface area contributed by atoms with Crippen molar-refractivity contribution in [1.29, 1.82) is 0 Å². The van der Waals surface area contributed by atoms with E-state index in [1.54, 1.807) is 19.1 Å². The molecule has 226 valence electrons. The Bertz CT molecular complexity index is 2040. The van der Waals surface area contributed by atoms with Gasteiger partial charge in [0.25, 0.3) is 5.56 Å². The Balaban J connectivity index is 1.44. The maximum absolute atomic E-state index is 13.7. The normalized spacial score (nSPS) is 18.7. The Hall–Kier alpha value is -4.85. The van der Waals surface area contributed by atoms with Gasteiger partial charge in [-0.1, -0.05) is 30.2 Å². The fraction of sp³-hybridized carbons (Fsp3) is 0.276. The molecule has 15 heteroatoms. The number of amides is 1. The Morgan fingerprint density at radius 1 is 1.11 bits per heavy atom. The van der Waals surface area contributed by atoms with Crippen LogP contribution < -0.4 is 10.9 Å². The molecule has 1 N–H and O–H groups in total. The summed E-state index contributed by atoms with van der Waals surface area (Å²) in [7, 11) is 0. The van der Waals surface area contributed by atoms with Gasteiger partial charge in [-0.2, -0.15) is 18.3 Å². The fourth-order valence-corrected chi connectivity index (χ4v) is 5.32. The van der Waals surface area contributed by atoms with Crippen LogP contribution in [0.25, 0.3) is 28.2 Å². The van der Waals surface area contributed by atoms with Gasteiger partial charge in [-0.15, -0.1) is 5.10 Å². The van der Waals surface area contributed by atoms with Gasteiger partial charge >= 0.3 is 6.18 Å². The summed E-state index contributed by atoms with van der Waals surface area (Å²) in [6.07, 6.45) is 1.44. The standard InChI is InChI=1S/C29H25ClF3N9O2/c1-16-4-3-5-24(21-10-17(8-9-34-21)27-22(37-28(16)44)13-36-40(27)2)41-15-35-20(12-26(41)43)19-11-18(30)6-7-23(19)42-14-25(38-39-42)29(31,32)33/h6-16,24H,3-5H2,1-2H3,(H,37,44)/t16-,24+/m1/s1/i2D3. The van der Waals surface area contributed by atoms with E-state index in [4.69, 9.17) is 15.7 Å². The number of halogens is 4. The van der Waals surface area contributed by atoms with Crippen LogP contribution in [0.3, 0.4) is 0 Å². The first-order valence-electron chi connectivity index (χ1n) is 14.9. The van der Waals surface area contributed by atoms with Crippen LogP contribution in [-0.2, 0) is 17.9 Å². The molecule has 11 nitrogen and oxygen atoms in total. The predicted octanol–water partition coefficient (Wildman–Crippen LogP) is 5.31. The van der Waals surface area contributed by atoms with E-state index in [0.29, 0.717) is 30.5 Å². The monoisotopic (exact) mass is 626 g/mol. The van der Waals surface area contributed by atoms with Crippen LogP contribution in [0.15, 0.2) is 66.1 Å². The first-order chi connectivity index (χ1) is 22.2. The number of aryl methyl sites for hydroxylation is 1. The second-order valence-corrected chi connectivity index (χ2v) is 10.8. The van der Waals surface area contributed by atoms with Gasteiger partial charge in [0, 0.05) is 45.4 Å². The topological polar surface area (TPSA) is 125 Å². The van der Waals surface area contributed by atoms with Crippen molar-refractivity contribution >= 4 is 23.2 Å². The molecule has 5 aromatic rings. The zero-order valence-corrected chi connectivity index (χ0v) is 23.7. The minimum absolute atomic E-state index is 0.124. The van der Waals surface area contributed by atoms with Crippen LogP contribution >= 0.6 is 11.6 Å². The van der Waals surface area contributed by atoms with Crippen LogP contribution in [0, 0.1) is 5.92 Å². The highest BCUT2D eigenvalue weighted by Crippen LogP contribution is 2.34. The van der Waals surface area contributed by atoms with Crippen molar-refractivity contribution in [2.24, 2.45) is 12.9 Å². The molecule has 1 aliphatic heterocycles. The van der Waals surface area contributed by atoms with Gasteiger partial charge < -0.3 is 5.32 Å². The molecular weight excluding hydrogens is 599 g/mol. The SMILES string of the molecule is [2H]C([2H])([2H])n1ncc2c1-c1ccnc(c1)[C@@H](n1cnc(-c3cc(Cl)ccc3-n3cc(C(F)(F)F)nn3)cc1=O)CCC[C@@H](C)C(=O)N2. The van der Waals surface area contributed by atoms with Gasteiger partial charge in [0.2, 0.25) is 5.91 Å². The maximum atomic E-state index is 13.7. The summed E-state index contributed by atoms with van der Waals surface area (Å²) < 4.78 is 66.8. The van der Waals surface area contributed by atoms with E-state index in [-0.39, 0.29) is 39.3 Å². The number of hydrogen-bond acceptors (Lipinski definition) is 7. The van der Waals surface area contributed by atoms with Crippen LogP contribution in [0.2, 0.25) is 5.02 Å². The van der Waals surface area contributed by atoms with Crippen molar-refractivity contribution < 1.29 is 22.1 Å². The van der Waals surface area contributed by atoms with Gasteiger partial charge in [-0.05, 0) is 43.2 Å². The summed E-state index contributed by atoms with van der Waals surface area (Å²) in [5, 5.41) is 13.9.